The van der Waals surface area contributed by atoms with E-state index < -0.39 is 20.8 Å². The Morgan fingerprint density at radius 3 is 1.20 bits per heavy atom. The maximum atomic E-state index is 4.93. The van der Waals surface area contributed by atoms with Gasteiger partial charge in [0.05, 0.1) is 9.52 Å². The third-order valence-electron chi connectivity index (χ3n) is 9.01. The molecule has 0 bridgehead atoms. The average molecular weight is 793 g/mol. The van der Waals surface area contributed by atoms with Crippen molar-refractivity contribution in [2.45, 2.75) is 20.4 Å². The van der Waals surface area contributed by atoms with E-state index in [4.69, 9.17) is 17.0 Å². The van der Waals surface area contributed by atoms with Crippen molar-refractivity contribution in [3.05, 3.63) is 187 Å². The molecule has 0 N–H and O–H groups in total. The van der Waals surface area contributed by atoms with Gasteiger partial charge in [-0.25, -0.2) is 0 Å². The van der Waals surface area contributed by atoms with Crippen molar-refractivity contribution in [2.24, 2.45) is 0 Å². The molecule has 0 saturated carbocycles. The molecular formula is C47H38Cl2SiZr. The Bertz CT molecular complexity index is 2330. The molecule has 0 aromatic heterocycles. The van der Waals surface area contributed by atoms with Gasteiger partial charge in [0.25, 0.3) is 0 Å². The van der Waals surface area contributed by atoms with Crippen LogP contribution >= 0.6 is 17.0 Å². The van der Waals surface area contributed by atoms with Crippen molar-refractivity contribution in [1.29, 1.82) is 0 Å². The van der Waals surface area contributed by atoms with Crippen LogP contribution < -0.4 is 5.19 Å². The number of hydrogen-bond acceptors (Lipinski definition) is 0. The molecule has 2 radical (unpaired) electrons. The SMILES string of the molecule is C[Si]c1ccccc1.Cc1cc2c(-c3cccc4ccccc34)cccc2[cH-]1.Cc1cc2c(-c3cccc4ccccc34)cccc2[cH-]1.[Cl][Zr+2][Cl]. The molecule has 0 aliphatic heterocycles. The number of benzene rings is 7. The van der Waals surface area contributed by atoms with Gasteiger partial charge < -0.3 is 0 Å². The van der Waals surface area contributed by atoms with E-state index >= 15 is 0 Å². The van der Waals surface area contributed by atoms with Gasteiger partial charge in [0.15, 0.2) is 0 Å². The van der Waals surface area contributed by atoms with Crippen LogP contribution in [-0.2, 0) is 20.8 Å². The molecule has 0 heterocycles. The summed E-state index contributed by atoms with van der Waals surface area (Å²) in [6, 6.07) is 63.0. The first-order valence-corrected chi connectivity index (χ1v) is 24.8. The summed E-state index contributed by atoms with van der Waals surface area (Å²) in [5.41, 5.74) is 7.94. The first-order valence-electron chi connectivity index (χ1n) is 17.0. The van der Waals surface area contributed by atoms with Gasteiger partial charge in [0.2, 0.25) is 0 Å². The van der Waals surface area contributed by atoms with Crippen LogP contribution in [0.25, 0.3) is 65.3 Å². The summed E-state index contributed by atoms with van der Waals surface area (Å²) in [5, 5.41) is 12.0. The fourth-order valence-electron chi connectivity index (χ4n) is 6.76. The van der Waals surface area contributed by atoms with E-state index in [0.717, 1.165) is 9.52 Å². The van der Waals surface area contributed by atoms with E-state index in [-0.39, 0.29) is 0 Å². The molecule has 0 aliphatic carbocycles. The molecule has 0 saturated heterocycles. The summed E-state index contributed by atoms with van der Waals surface area (Å²) in [5.74, 6) is 0. The molecule has 0 unspecified atom stereocenters. The van der Waals surface area contributed by atoms with E-state index in [2.05, 4.69) is 190 Å². The molecule has 248 valence electrons. The molecule has 0 nitrogen and oxygen atoms in total. The second kappa shape index (κ2) is 17.9. The van der Waals surface area contributed by atoms with Gasteiger partial charge in [-0.3, -0.25) is 0 Å². The van der Waals surface area contributed by atoms with Crippen molar-refractivity contribution in [3.63, 3.8) is 0 Å². The predicted octanol–water partition coefficient (Wildman–Crippen LogP) is 13.8. The second-order valence-corrected chi connectivity index (χ2v) is 17.2. The normalized spacial score (nSPS) is 10.5. The molecule has 0 fully saturated rings. The van der Waals surface area contributed by atoms with Crippen LogP contribution in [0.3, 0.4) is 0 Å². The number of hydrogen-bond donors (Lipinski definition) is 0. The van der Waals surface area contributed by atoms with Gasteiger partial charge in [0.1, 0.15) is 0 Å². The molecule has 9 aromatic rings. The monoisotopic (exact) mass is 790 g/mol. The summed E-state index contributed by atoms with van der Waals surface area (Å²) >= 11 is -0.826. The van der Waals surface area contributed by atoms with Gasteiger partial charge in [0, 0.05) is 0 Å². The maximum absolute atomic E-state index is 4.93. The molecule has 4 heteroatoms. The molecule has 51 heavy (non-hydrogen) atoms. The second-order valence-electron chi connectivity index (χ2n) is 12.4. The summed E-state index contributed by atoms with van der Waals surface area (Å²) in [6.07, 6.45) is 0. The van der Waals surface area contributed by atoms with Gasteiger partial charge in [-0.05, 0) is 32.7 Å². The minimum absolute atomic E-state index is 0.826. The zero-order valence-corrected chi connectivity index (χ0v) is 34.0. The van der Waals surface area contributed by atoms with Crippen LogP contribution in [0.5, 0.6) is 0 Å². The molecule has 0 amide bonds. The number of halogens is 2. The molecule has 0 atom stereocenters. The first kappa shape index (κ1) is 36.7. The molecule has 0 spiro atoms. The van der Waals surface area contributed by atoms with Crippen LogP contribution in [-0.4, -0.2) is 9.52 Å². The van der Waals surface area contributed by atoms with Crippen molar-refractivity contribution >= 4 is 74.8 Å². The Balaban J connectivity index is 0.000000137. The fraction of sp³-hybridized carbons (Fsp3) is 0.0638. The Kier molecular flexibility index (Phi) is 12.9. The van der Waals surface area contributed by atoms with Gasteiger partial charge >= 0.3 is 37.9 Å². The Morgan fingerprint density at radius 2 is 0.784 bits per heavy atom. The molecule has 9 aromatic carbocycles. The zero-order chi connectivity index (χ0) is 35.6. The van der Waals surface area contributed by atoms with E-state index in [1.165, 1.54) is 81.7 Å². The quantitative estimate of drug-likeness (QED) is 0.123. The van der Waals surface area contributed by atoms with Gasteiger partial charge in [-0.1, -0.05) is 164 Å². The van der Waals surface area contributed by atoms with E-state index in [1.54, 1.807) is 0 Å². The Labute approximate surface area is 322 Å². The van der Waals surface area contributed by atoms with Crippen LogP contribution in [0.4, 0.5) is 0 Å². The predicted molar refractivity (Wildman–Crippen MR) is 224 cm³/mol. The minimum atomic E-state index is -0.826. The zero-order valence-electron chi connectivity index (χ0n) is 29.0. The Morgan fingerprint density at radius 1 is 0.431 bits per heavy atom. The van der Waals surface area contributed by atoms with E-state index in [0.29, 0.717) is 0 Å². The van der Waals surface area contributed by atoms with E-state index in [9.17, 15) is 0 Å². The van der Waals surface area contributed by atoms with E-state index in [1.807, 2.05) is 6.07 Å². The van der Waals surface area contributed by atoms with Crippen LogP contribution in [0, 0.1) is 13.8 Å². The topological polar surface area (TPSA) is 0 Å². The van der Waals surface area contributed by atoms with Crippen LogP contribution in [0.2, 0.25) is 6.55 Å². The standard InChI is InChI=1S/2C20H15.C7H8Si.2ClH.Zr/c2*1-14-12-16-8-5-11-19(20(16)13-14)18-10-4-7-15-6-2-3-9-17(15)18;1-8-7-5-3-2-4-6-7;;;/h2*2-13H,1H3;2-6H,1H3;2*1H;/q2*-1;;;;+4/p-2. The third-order valence-corrected chi connectivity index (χ3v) is 9.92. The van der Waals surface area contributed by atoms with Crippen molar-refractivity contribution in [1.82, 2.24) is 0 Å². The van der Waals surface area contributed by atoms with Crippen molar-refractivity contribution in [3.8, 4) is 22.3 Å². The average Bonchev–Trinajstić information content (AvgIpc) is 3.76. The van der Waals surface area contributed by atoms with Crippen molar-refractivity contribution in [2.75, 3.05) is 0 Å². The van der Waals surface area contributed by atoms with Crippen LogP contribution in [0.1, 0.15) is 11.1 Å². The van der Waals surface area contributed by atoms with Gasteiger partial charge in [-0.2, -0.15) is 12.1 Å². The molecular weight excluding hydrogens is 755 g/mol. The van der Waals surface area contributed by atoms with Gasteiger partial charge in [-0.15, -0.1) is 69.1 Å². The Hall–Kier alpha value is -4.04. The summed E-state index contributed by atoms with van der Waals surface area (Å²) in [6.45, 7) is 6.51. The molecule has 9 rings (SSSR count). The molecule has 0 aliphatic rings. The van der Waals surface area contributed by atoms with Crippen molar-refractivity contribution < 1.29 is 20.8 Å². The fourth-order valence-corrected chi connectivity index (χ4v) is 7.29. The third kappa shape index (κ3) is 8.89. The summed E-state index contributed by atoms with van der Waals surface area (Å²) in [4.78, 5) is 0. The first-order chi connectivity index (χ1) is 25.0. The number of fused-ring (bicyclic) bond motifs is 4. The summed E-state index contributed by atoms with van der Waals surface area (Å²) in [7, 11) is 10.8. The number of rotatable bonds is 3. The summed E-state index contributed by atoms with van der Waals surface area (Å²) < 4.78 is 0. The van der Waals surface area contributed by atoms with Crippen LogP contribution in [0.15, 0.2) is 176 Å². The number of aryl methyl sites for hydroxylation is 2.